The Kier molecular flexibility index (Phi) is 2.76. The van der Waals surface area contributed by atoms with Crippen LogP contribution in [-0.4, -0.2) is 22.8 Å². The van der Waals surface area contributed by atoms with E-state index < -0.39 is 0 Å². The number of benzene rings is 1. The van der Waals surface area contributed by atoms with E-state index in [0.29, 0.717) is 11.2 Å². The van der Waals surface area contributed by atoms with Gasteiger partial charge in [0, 0.05) is 18.0 Å². The molecule has 0 atom stereocenters. The number of nitrogens with zero attached hydrogens (tertiary/aromatic N) is 2. The standard InChI is InChI=1S/C15H12N2O2/c1-19-13-6-2-4-11(8-13)14-9-17-7-3-5-12(10-18)15(17)16-14/h2-10H,1H3. The molecular formula is C15H12N2O2. The molecule has 1 aromatic carbocycles. The SMILES string of the molecule is COc1cccc(-c2cn3cccc(C=O)c3n2)c1. The van der Waals surface area contributed by atoms with Crippen molar-refractivity contribution < 1.29 is 9.53 Å². The second kappa shape index (κ2) is 4.57. The minimum Gasteiger partial charge on any atom is -0.497 e. The molecule has 3 rings (SSSR count). The van der Waals surface area contributed by atoms with Crippen LogP contribution in [0.2, 0.25) is 0 Å². The minimum absolute atomic E-state index is 0.580. The Bertz CT molecular complexity index is 747. The van der Waals surface area contributed by atoms with E-state index in [-0.39, 0.29) is 0 Å². The summed E-state index contributed by atoms with van der Waals surface area (Å²) in [5.74, 6) is 0.783. The van der Waals surface area contributed by atoms with Crippen LogP contribution >= 0.6 is 0 Å². The summed E-state index contributed by atoms with van der Waals surface area (Å²) in [6.07, 6.45) is 4.59. The lowest BCUT2D eigenvalue weighted by molar-refractivity contribution is 0.112. The number of hydrogen-bond acceptors (Lipinski definition) is 3. The Balaban J connectivity index is 2.17. The number of carbonyl (C=O) groups is 1. The average Bonchev–Trinajstić information content (AvgIpc) is 2.91. The number of aromatic nitrogens is 2. The third kappa shape index (κ3) is 1.97. The first kappa shape index (κ1) is 11.5. The van der Waals surface area contributed by atoms with Crippen LogP contribution in [0.1, 0.15) is 10.4 Å². The number of imidazole rings is 1. The normalized spacial score (nSPS) is 10.6. The van der Waals surface area contributed by atoms with Crippen molar-refractivity contribution in [3.8, 4) is 17.0 Å². The lowest BCUT2D eigenvalue weighted by Gasteiger charge is -2.00. The molecule has 2 heterocycles. The molecule has 4 nitrogen and oxygen atoms in total. The molecule has 0 aliphatic rings. The van der Waals surface area contributed by atoms with Gasteiger partial charge in [-0.1, -0.05) is 12.1 Å². The van der Waals surface area contributed by atoms with Crippen molar-refractivity contribution in [3.05, 3.63) is 54.4 Å². The van der Waals surface area contributed by atoms with Gasteiger partial charge in [0.15, 0.2) is 6.29 Å². The molecule has 0 aliphatic heterocycles. The molecule has 94 valence electrons. The third-order valence-corrected chi connectivity index (χ3v) is 3.01. The molecule has 0 saturated carbocycles. The van der Waals surface area contributed by atoms with Crippen LogP contribution in [-0.2, 0) is 0 Å². The maximum atomic E-state index is 11.0. The fourth-order valence-corrected chi connectivity index (χ4v) is 2.05. The molecular weight excluding hydrogens is 240 g/mol. The molecule has 19 heavy (non-hydrogen) atoms. The number of carbonyl (C=O) groups excluding carboxylic acids is 1. The van der Waals surface area contributed by atoms with Gasteiger partial charge >= 0.3 is 0 Å². The van der Waals surface area contributed by atoms with Crippen LogP contribution in [0.25, 0.3) is 16.9 Å². The summed E-state index contributed by atoms with van der Waals surface area (Å²) >= 11 is 0. The van der Waals surface area contributed by atoms with Gasteiger partial charge in [0.25, 0.3) is 0 Å². The molecule has 0 bridgehead atoms. The summed E-state index contributed by atoms with van der Waals surface area (Å²) in [7, 11) is 1.63. The molecule has 0 radical (unpaired) electrons. The number of rotatable bonds is 3. The number of ether oxygens (including phenoxy) is 1. The van der Waals surface area contributed by atoms with Gasteiger partial charge < -0.3 is 9.14 Å². The van der Waals surface area contributed by atoms with Crippen molar-refractivity contribution in [1.29, 1.82) is 0 Å². The van der Waals surface area contributed by atoms with Gasteiger partial charge in [-0.15, -0.1) is 0 Å². The van der Waals surface area contributed by atoms with E-state index in [2.05, 4.69) is 4.98 Å². The van der Waals surface area contributed by atoms with E-state index in [0.717, 1.165) is 23.3 Å². The summed E-state index contributed by atoms with van der Waals surface area (Å²) in [5, 5.41) is 0. The van der Waals surface area contributed by atoms with Gasteiger partial charge in [-0.3, -0.25) is 4.79 Å². The number of aldehydes is 1. The van der Waals surface area contributed by atoms with Gasteiger partial charge in [0.1, 0.15) is 11.4 Å². The molecule has 2 aromatic heterocycles. The fraction of sp³-hybridized carbons (Fsp3) is 0.0667. The predicted molar refractivity (Wildman–Crippen MR) is 72.6 cm³/mol. The van der Waals surface area contributed by atoms with E-state index in [1.807, 2.05) is 47.1 Å². The lowest BCUT2D eigenvalue weighted by atomic mass is 10.1. The minimum atomic E-state index is 0.580. The predicted octanol–water partition coefficient (Wildman–Crippen LogP) is 2.82. The first-order chi connectivity index (χ1) is 9.31. The molecule has 0 aliphatic carbocycles. The Morgan fingerprint density at radius 3 is 2.95 bits per heavy atom. The molecule has 0 saturated heterocycles. The van der Waals surface area contributed by atoms with Crippen LogP contribution in [0.15, 0.2) is 48.8 Å². The Morgan fingerprint density at radius 1 is 1.26 bits per heavy atom. The smallest absolute Gasteiger partial charge is 0.153 e. The zero-order valence-electron chi connectivity index (χ0n) is 10.4. The van der Waals surface area contributed by atoms with Crippen molar-refractivity contribution in [2.45, 2.75) is 0 Å². The third-order valence-electron chi connectivity index (χ3n) is 3.01. The number of pyridine rings is 1. The van der Waals surface area contributed by atoms with Crippen molar-refractivity contribution in [2.75, 3.05) is 7.11 Å². The summed E-state index contributed by atoms with van der Waals surface area (Å²) in [6.45, 7) is 0. The zero-order chi connectivity index (χ0) is 13.2. The van der Waals surface area contributed by atoms with Gasteiger partial charge in [-0.05, 0) is 24.3 Å². The van der Waals surface area contributed by atoms with E-state index in [4.69, 9.17) is 4.74 Å². The molecule has 0 spiro atoms. The largest absolute Gasteiger partial charge is 0.497 e. The van der Waals surface area contributed by atoms with Crippen LogP contribution < -0.4 is 4.74 Å². The van der Waals surface area contributed by atoms with Crippen LogP contribution in [0.3, 0.4) is 0 Å². The second-order valence-electron chi connectivity index (χ2n) is 4.17. The molecule has 0 amide bonds. The number of methoxy groups -OCH3 is 1. The summed E-state index contributed by atoms with van der Waals surface area (Å²) in [4.78, 5) is 15.5. The van der Waals surface area contributed by atoms with Gasteiger partial charge in [-0.2, -0.15) is 0 Å². The van der Waals surface area contributed by atoms with Crippen molar-refractivity contribution in [1.82, 2.24) is 9.38 Å². The first-order valence-corrected chi connectivity index (χ1v) is 5.89. The van der Waals surface area contributed by atoms with Crippen LogP contribution in [0, 0.1) is 0 Å². The van der Waals surface area contributed by atoms with Crippen molar-refractivity contribution >= 4 is 11.9 Å². The van der Waals surface area contributed by atoms with Gasteiger partial charge in [0.2, 0.25) is 0 Å². The van der Waals surface area contributed by atoms with Gasteiger partial charge in [-0.25, -0.2) is 4.98 Å². The summed E-state index contributed by atoms with van der Waals surface area (Å²) in [5.41, 5.74) is 3.01. The molecule has 4 heteroatoms. The Labute approximate surface area is 110 Å². The van der Waals surface area contributed by atoms with Crippen LogP contribution in [0.4, 0.5) is 0 Å². The van der Waals surface area contributed by atoms with Crippen molar-refractivity contribution in [2.24, 2.45) is 0 Å². The highest BCUT2D eigenvalue weighted by Crippen LogP contribution is 2.24. The Morgan fingerprint density at radius 2 is 2.16 bits per heavy atom. The first-order valence-electron chi connectivity index (χ1n) is 5.89. The summed E-state index contributed by atoms with van der Waals surface area (Å²) < 4.78 is 7.05. The highest BCUT2D eigenvalue weighted by Gasteiger charge is 2.08. The van der Waals surface area contributed by atoms with E-state index in [1.54, 1.807) is 13.2 Å². The van der Waals surface area contributed by atoms with E-state index in [1.165, 1.54) is 0 Å². The Hall–Kier alpha value is -2.62. The second-order valence-corrected chi connectivity index (χ2v) is 4.17. The van der Waals surface area contributed by atoms with E-state index >= 15 is 0 Å². The highest BCUT2D eigenvalue weighted by atomic mass is 16.5. The maximum absolute atomic E-state index is 11.0. The molecule has 0 fully saturated rings. The van der Waals surface area contributed by atoms with Crippen LogP contribution in [0.5, 0.6) is 5.75 Å². The number of fused-ring (bicyclic) bond motifs is 1. The monoisotopic (exact) mass is 252 g/mol. The summed E-state index contributed by atoms with van der Waals surface area (Å²) in [6, 6.07) is 11.3. The fourth-order valence-electron chi connectivity index (χ4n) is 2.05. The topological polar surface area (TPSA) is 43.6 Å². The molecule has 0 unspecified atom stereocenters. The molecule has 3 aromatic rings. The lowest BCUT2D eigenvalue weighted by Crippen LogP contribution is -1.88. The highest BCUT2D eigenvalue weighted by molar-refractivity contribution is 5.85. The quantitative estimate of drug-likeness (QED) is 0.673. The number of hydrogen-bond donors (Lipinski definition) is 0. The van der Waals surface area contributed by atoms with Gasteiger partial charge in [0.05, 0.1) is 18.4 Å². The van der Waals surface area contributed by atoms with Crippen molar-refractivity contribution in [3.63, 3.8) is 0 Å². The zero-order valence-corrected chi connectivity index (χ0v) is 10.4. The maximum Gasteiger partial charge on any atom is 0.153 e. The van der Waals surface area contributed by atoms with E-state index in [9.17, 15) is 4.79 Å². The average molecular weight is 252 g/mol. The molecule has 0 N–H and O–H groups in total.